The summed E-state index contributed by atoms with van der Waals surface area (Å²) in [5.74, 6) is -0.852. The molecular weight excluding hydrogens is 324 g/mol. The third-order valence-electron chi connectivity index (χ3n) is 4.37. The van der Waals surface area contributed by atoms with Crippen LogP contribution in [0.5, 0.6) is 0 Å². The van der Waals surface area contributed by atoms with Gasteiger partial charge in [-0.05, 0) is 18.2 Å². The Hall–Kier alpha value is -2.48. The molecule has 3 N–H and O–H groups in total. The Kier molecular flexibility index (Phi) is 4.98. The first-order valence-electron chi connectivity index (χ1n) is 8.13. The molecule has 1 heterocycles. The van der Waals surface area contributed by atoms with E-state index in [-0.39, 0.29) is 26.4 Å². The summed E-state index contributed by atoms with van der Waals surface area (Å²) in [5, 5.41) is 29.0. The molecule has 7 heteroatoms. The van der Waals surface area contributed by atoms with E-state index in [0.29, 0.717) is 29.6 Å². The first-order valence-corrected chi connectivity index (χ1v) is 8.13. The van der Waals surface area contributed by atoms with Crippen LogP contribution in [0.15, 0.2) is 30.3 Å². The number of hydrogen-bond donors (Lipinski definition) is 3. The fourth-order valence-electron chi connectivity index (χ4n) is 3.30. The van der Waals surface area contributed by atoms with Gasteiger partial charge in [0.1, 0.15) is 0 Å². The molecule has 0 unspecified atom stereocenters. The van der Waals surface area contributed by atoms with Gasteiger partial charge in [-0.15, -0.1) is 0 Å². The van der Waals surface area contributed by atoms with E-state index >= 15 is 0 Å². The van der Waals surface area contributed by atoms with Gasteiger partial charge in [-0.1, -0.05) is 12.1 Å². The van der Waals surface area contributed by atoms with E-state index < -0.39 is 11.8 Å². The van der Waals surface area contributed by atoms with Gasteiger partial charge < -0.3 is 20.2 Å². The monoisotopic (exact) mass is 344 g/mol. The first-order chi connectivity index (χ1) is 12.1. The number of β-amino-alcohol motifs (C(OH)–C–C–N with tert-alkyl or cyclic N) is 1. The number of amides is 2. The van der Waals surface area contributed by atoms with Crippen molar-refractivity contribution in [2.45, 2.75) is 0 Å². The van der Waals surface area contributed by atoms with Crippen LogP contribution in [0.1, 0.15) is 20.7 Å². The van der Waals surface area contributed by atoms with Crippen LogP contribution < -0.4 is 4.90 Å². The summed E-state index contributed by atoms with van der Waals surface area (Å²) >= 11 is 0. The van der Waals surface area contributed by atoms with Gasteiger partial charge in [0, 0.05) is 40.7 Å². The molecule has 25 heavy (non-hydrogen) atoms. The van der Waals surface area contributed by atoms with Crippen molar-refractivity contribution in [3.05, 3.63) is 41.5 Å². The van der Waals surface area contributed by atoms with Crippen LogP contribution >= 0.6 is 0 Å². The fourth-order valence-corrected chi connectivity index (χ4v) is 3.30. The molecule has 7 nitrogen and oxygen atoms in total. The van der Waals surface area contributed by atoms with E-state index in [1.54, 1.807) is 24.3 Å². The number of rotatable bonds is 7. The molecule has 3 rings (SSSR count). The summed E-state index contributed by atoms with van der Waals surface area (Å²) in [6.07, 6.45) is 0. The van der Waals surface area contributed by atoms with Gasteiger partial charge in [0.15, 0.2) is 0 Å². The molecule has 0 aromatic heterocycles. The van der Waals surface area contributed by atoms with E-state index in [2.05, 4.69) is 0 Å². The molecule has 0 radical (unpaired) electrons. The highest BCUT2D eigenvalue weighted by Gasteiger charge is 2.33. The molecule has 0 spiro atoms. The quantitative estimate of drug-likeness (QED) is 0.621. The average molecular weight is 344 g/mol. The van der Waals surface area contributed by atoms with Gasteiger partial charge in [-0.2, -0.15) is 0 Å². The number of carbonyl (C=O) groups excluding carboxylic acids is 2. The summed E-state index contributed by atoms with van der Waals surface area (Å²) < 4.78 is 0. The Morgan fingerprint density at radius 1 is 0.840 bits per heavy atom. The third kappa shape index (κ3) is 2.86. The maximum Gasteiger partial charge on any atom is 0.261 e. The SMILES string of the molecule is O=C1c2cccc3c(N(CCO)CCO)ccc(c23)C(=O)N1CCO. The predicted molar refractivity (Wildman–Crippen MR) is 92.8 cm³/mol. The number of carbonyl (C=O) groups is 2. The molecule has 0 atom stereocenters. The average Bonchev–Trinajstić information content (AvgIpc) is 2.62. The molecular formula is C18H20N2O5. The number of nitrogens with zero attached hydrogens (tertiary/aromatic N) is 2. The van der Waals surface area contributed by atoms with Crippen LogP contribution in [-0.4, -0.2) is 71.5 Å². The van der Waals surface area contributed by atoms with Gasteiger partial charge in [0.2, 0.25) is 0 Å². The number of benzene rings is 2. The van der Waals surface area contributed by atoms with Crippen molar-refractivity contribution in [2.75, 3.05) is 44.4 Å². The second-order valence-corrected chi connectivity index (χ2v) is 5.78. The van der Waals surface area contributed by atoms with Crippen LogP contribution in [0.25, 0.3) is 10.8 Å². The molecule has 0 aliphatic carbocycles. The van der Waals surface area contributed by atoms with Crippen LogP contribution in [0.4, 0.5) is 5.69 Å². The molecule has 2 aromatic carbocycles. The maximum atomic E-state index is 12.6. The lowest BCUT2D eigenvalue weighted by molar-refractivity contribution is 0.0580. The predicted octanol–water partition coefficient (Wildman–Crippen LogP) is 0.219. The van der Waals surface area contributed by atoms with Crippen molar-refractivity contribution >= 4 is 28.3 Å². The number of imide groups is 1. The molecule has 1 aliphatic rings. The van der Waals surface area contributed by atoms with E-state index in [4.69, 9.17) is 5.11 Å². The smallest absolute Gasteiger partial charge is 0.261 e. The first kappa shape index (κ1) is 17.3. The van der Waals surface area contributed by atoms with Crippen molar-refractivity contribution in [3.63, 3.8) is 0 Å². The highest BCUT2D eigenvalue weighted by molar-refractivity contribution is 6.26. The molecule has 0 saturated carbocycles. The zero-order chi connectivity index (χ0) is 18.0. The Balaban J connectivity index is 2.20. The number of aliphatic hydroxyl groups excluding tert-OH is 3. The number of anilines is 1. The third-order valence-corrected chi connectivity index (χ3v) is 4.37. The van der Waals surface area contributed by atoms with Crippen molar-refractivity contribution in [1.29, 1.82) is 0 Å². The van der Waals surface area contributed by atoms with Crippen LogP contribution in [0, 0.1) is 0 Å². The van der Waals surface area contributed by atoms with Crippen LogP contribution in [0.2, 0.25) is 0 Å². The summed E-state index contributed by atoms with van der Waals surface area (Å²) in [7, 11) is 0. The molecule has 0 bridgehead atoms. The zero-order valence-corrected chi connectivity index (χ0v) is 13.7. The molecule has 2 amide bonds. The van der Waals surface area contributed by atoms with Gasteiger partial charge in [-0.25, -0.2) is 0 Å². The molecule has 1 aliphatic heterocycles. The molecule has 0 fully saturated rings. The van der Waals surface area contributed by atoms with Crippen molar-refractivity contribution < 1.29 is 24.9 Å². The van der Waals surface area contributed by atoms with E-state index in [1.165, 1.54) is 0 Å². The Labute approximate surface area is 144 Å². The van der Waals surface area contributed by atoms with Gasteiger partial charge in [-0.3, -0.25) is 14.5 Å². The van der Waals surface area contributed by atoms with Crippen LogP contribution in [0.3, 0.4) is 0 Å². The minimum absolute atomic E-state index is 0.0452. The lowest BCUT2D eigenvalue weighted by atomic mass is 9.92. The van der Waals surface area contributed by atoms with Gasteiger partial charge in [0.25, 0.3) is 11.8 Å². The maximum absolute atomic E-state index is 12.6. The van der Waals surface area contributed by atoms with Crippen molar-refractivity contribution in [2.24, 2.45) is 0 Å². The minimum Gasteiger partial charge on any atom is -0.395 e. The number of aliphatic hydroxyl groups is 3. The fraction of sp³-hybridized carbons (Fsp3) is 0.333. The van der Waals surface area contributed by atoms with E-state index in [0.717, 1.165) is 16.0 Å². The lowest BCUT2D eigenvalue weighted by Crippen LogP contribution is -2.42. The highest BCUT2D eigenvalue weighted by atomic mass is 16.3. The highest BCUT2D eigenvalue weighted by Crippen LogP contribution is 2.35. The van der Waals surface area contributed by atoms with E-state index in [9.17, 15) is 19.8 Å². The minimum atomic E-state index is -0.426. The largest absolute Gasteiger partial charge is 0.395 e. The summed E-state index contributed by atoms with van der Waals surface area (Å²) in [6.45, 7) is 0.170. The molecule has 0 saturated heterocycles. The normalized spacial score (nSPS) is 13.6. The van der Waals surface area contributed by atoms with E-state index in [1.807, 2.05) is 11.0 Å². The van der Waals surface area contributed by atoms with Crippen LogP contribution in [-0.2, 0) is 0 Å². The lowest BCUT2D eigenvalue weighted by Gasteiger charge is -2.30. The van der Waals surface area contributed by atoms with Gasteiger partial charge >= 0.3 is 0 Å². The van der Waals surface area contributed by atoms with Crippen molar-refractivity contribution in [1.82, 2.24) is 4.90 Å². The second kappa shape index (κ2) is 7.18. The Morgan fingerprint density at radius 3 is 2.08 bits per heavy atom. The van der Waals surface area contributed by atoms with Gasteiger partial charge in [0.05, 0.1) is 26.4 Å². The Morgan fingerprint density at radius 2 is 1.48 bits per heavy atom. The number of hydrogen-bond acceptors (Lipinski definition) is 6. The zero-order valence-electron chi connectivity index (χ0n) is 13.7. The summed E-state index contributed by atoms with van der Waals surface area (Å²) in [5.41, 5.74) is 1.57. The summed E-state index contributed by atoms with van der Waals surface area (Å²) in [6, 6.07) is 8.64. The topological polar surface area (TPSA) is 101 Å². The second-order valence-electron chi connectivity index (χ2n) is 5.78. The Bertz CT molecular complexity index is 792. The molecule has 2 aromatic rings. The van der Waals surface area contributed by atoms with Crippen molar-refractivity contribution in [3.8, 4) is 0 Å². The molecule has 132 valence electrons. The standard InChI is InChI=1S/C18H20N2O5/c21-9-6-19(7-10-22)15-5-4-14-16-12(15)2-1-3-13(16)17(24)20(8-11-23)18(14)25/h1-5,21-23H,6-11H2. The summed E-state index contributed by atoms with van der Waals surface area (Å²) in [4.78, 5) is 28.1.